The average molecular weight is 455 g/mol. The highest BCUT2D eigenvalue weighted by Crippen LogP contribution is 2.10. The van der Waals surface area contributed by atoms with Crippen molar-refractivity contribution in [2.45, 2.75) is 13.2 Å². The molecule has 0 aromatic heterocycles. The zero-order chi connectivity index (χ0) is 17.0. The number of hydrogen-bond acceptors (Lipinski definition) is 3. The maximum Gasteiger partial charge on any atom is 0.191 e. The Bertz CT molecular complexity index is 618. The quantitative estimate of drug-likeness (QED) is 0.278. The third-order valence-electron chi connectivity index (χ3n) is 3.49. The first-order valence-corrected chi connectivity index (χ1v) is 8.01. The Morgan fingerprint density at radius 3 is 2.32 bits per heavy atom. The van der Waals surface area contributed by atoms with Crippen LogP contribution < -0.4 is 15.4 Å². The van der Waals surface area contributed by atoms with Gasteiger partial charge in [-0.25, -0.2) is 0 Å². The van der Waals surface area contributed by atoms with Gasteiger partial charge in [0.1, 0.15) is 5.75 Å². The first kappa shape index (κ1) is 21.2. The molecule has 0 heterocycles. The molecule has 0 aliphatic heterocycles. The summed E-state index contributed by atoms with van der Waals surface area (Å²) in [5.74, 6) is 1.62. The van der Waals surface area contributed by atoms with Gasteiger partial charge < -0.3 is 20.1 Å². The molecule has 0 aliphatic rings. The molecule has 0 fully saturated rings. The molecule has 0 amide bonds. The van der Waals surface area contributed by atoms with Crippen molar-refractivity contribution in [3.05, 3.63) is 65.7 Å². The molecule has 5 nitrogen and oxygen atoms in total. The number of rotatable bonds is 8. The van der Waals surface area contributed by atoms with Gasteiger partial charge in [0.25, 0.3) is 0 Å². The van der Waals surface area contributed by atoms with E-state index in [0.717, 1.165) is 11.7 Å². The molecule has 2 aromatic rings. The van der Waals surface area contributed by atoms with E-state index < -0.39 is 0 Å². The van der Waals surface area contributed by atoms with Crippen molar-refractivity contribution in [1.29, 1.82) is 0 Å². The second-order valence-electron chi connectivity index (χ2n) is 5.24. The normalized spacial score (nSPS) is 10.7. The number of guanidine groups is 1. The molecule has 136 valence electrons. The van der Waals surface area contributed by atoms with Crippen LogP contribution in [0.15, 0.2) is 59.6 Å². The number of nitrogens with one attached hydrogen (secondary N) is 2. The predicted molar refractivity (Wildman–Crippen MR) is 113 cm³/mol. The lowest BCUT2D eigenvalue weighted by Crippen LogP contribution is -2.38. The lowest BCUT2D eigenvalue weighted by Gasteiger charge is -2.12. The number of halogens is 1. The van der Waals surface area contributed by atoms with Gasteiger partial charge in [0.2, 0.25) is 0 Å². The van der Waals surface area contributed by atoms with Gasteiger partial charge in [-0.1, -0.05) is 42.5 Å². The van der Waals surface area contributed by atoms with Crippen molar-refractivity contribution in [3.63, 3.8) is 0 Å². The second-order valence-corrected chi connectivity index (χ2v) is 5.24. The number of benzene rings is 2. The van der Waals surface area contributed by atoms with Gasteiger partial charge in [-0.05, 0) is 23.3 Å². The Morgan fingerprint density at radius 2 is 1.68 bits per heavy atom. The second kappa shape index (κ2) is 12.5. The Labute approximate surface area is 166 Å². The van der Waals surface area contributed by atoms with Crippen molar-refractivity contribution >= 4 is 29.9 Å². The van der Waals surface area contributed by atoms with Crippen LogP contribution in [0.4, 0.5) is 0 Å². The Hall–Kier alpha value is -1.80. The van der Waals surface area contributed by atoms with E-state index in [1.807, 2.05) is 42.5 Å². The minimum atomic E-state index is 0. The summed E-state index contributed by atoms with van der Waals surface area (Å²) in [5.41, 5.74) is 2.35. The van der Waals surface area contributed by atoms with Crippen LogP contribution in [0.3, 0.4) is 0 Å². The molecule has 0 bridgehead atoms. The number of nitrogens with zero attached hydrogens (tertiary/aromatic N) is 1. The highest BCUT2D eigenvalue weighted by atomic mass is 127. The summed E-state index contributed by atoms with van der Waals surface area (Å²) in [6.07, 6.45) is 0. The van der Waals surface area contributed by atoms with E-state index in [4.69, 9.17) is 9.47 Å². The molecule has 0 saturated heterocycles. The van der Waals surface area contributed by atoms with Gasteiger partial charge in [0.15, 0.2) is 5.96 Å². The van der Waals surface area contributed by atoms with Crippen LogP contribution in [-0.2, 0) is 17.9 Å². The van der Waals surface area contributed by atoms with E-state index >= 15 is 0 Å². The van der Waals surface area contributed by atoms with E-state index in [1.54, 1.807) is 14.2 Å². The molecular formula is C19H26IN3O2. The highest BCUT2D eigenvalue weighted by Gasteiger charge is 1.99. The number of aliphatic imine (C=N–C) groups is 1. The van der Waals surface area contributed by atoms with Gasteiger partial charge in [0.05, 0.1) is 20.3 Å². The molecule has 0 aliphatic carbocycles. The Morgan fingerprint density at radius 1 is 0.960 bits per heavy atom. The first-order valence-electron chi connectivity index (χ1n) is 8.01. The molecular weight excluding hydrogens is 429 g/mol. The van der Waals surface area contributed by atoms with Crippen LogP contribution in [0.25, 0.3) is 0 Å². The van der Waals surface area contributed by atoms with E-state index in [-0.39, 0.29) is 24.0 Å². The standard InChI is InChI=1S/C19H25N3O2.HI/c1-20-19(22-14-16-8-10-18(23-2)11-9-16)21-12-13-24-15-17-6-4-3-5-7-17;/h3-11H,12-15H2,1-2H3,(H2,20,21,22);1H. The summed E-state index contributed by atoms with van der Waals surface area (Å²) in [7, 11) is 3.42. The van der Waals surface area contributed by atoms with Crippen molar-refractivity contribution in [3.8, 4) is 5.75 Å². The first-order chi connectivity index (χ1) is 11.8. The number of hydrogen-bond donors (Lipinski definition) is 2. The molecule has 25 heavy (non-hydrogen) atoms. The van der Waals surface area contributed by atoms with Gasteiger partial charge in [0, 0.05) is 20.1 Å². The van der Waals surface area contributed by atoms with Gasteiger partial charge in [-0.2, -0.15) is 0 Å². The summed E-state index contributed by atoms with van der Waals surface area (Å²) in [6, 6.07) is 18.1. The largest absolute Gasteiger partial charge is 0.497 e. The van der Waals surface area contributed by atoms with Gasteiger partial charge in [-0.15, -0.1) is 24.0 Å². The monoisotopic (exact) mass is 455 g/mol. The molecule has 2 aromatic carbocycles. The summed E-state index contributed by atoms with van der Waals surface area (Å²) in [5, 5.41) is 6.51. The Kier molecular flexibility index (Phi) is 10.7. The smallest absolute Gasteiger partial charge is 0.191 e. The number of ether oxygens (including phenoxy) is 2. The van der Waals surface area contributed by atoms with Crippen molar-refractivity contribution in [1.82, 2.24) is 10.6 Å². The maximum atomic E-state index is 5.64. The van der Waals surface area contributed by atoms with E-state index in [1.165, 1.54) is 11.1 Å². The third-order valence-corrected chi connectivity index (χ3v) is 3.49. The fourth-order valence-electron chi connectivity index (χ4n) is 2.16. The molecule has 0 spiro atoms. The van der Waals surface area contributed by atoms with Crippen LogP contribution in [0.1, 0.15) is 11.1 Å². The predicted octanol–water partition coefficient (Wildman–Crippen LogP) is 3.20. The van der Waals surface area contributed by atoms with Crippen LogP contribution in [0, 0.1) is 0 Å². The van der Waals surface area contributed by atoms with Crippen molar-refractivity contribution in [2.75, 3.05) is 27.3 Å². The maximum absolute atomic E-state index is 5.64. The van der Waals surface area contributed by atoms with E-state index in [0.29, 0.717) is 26.3 Å². The van der Waals surface area contributed by atoms with Crippen LogP contribution >= 0.6 is 24.0 Å². The van der Waals surface area contributed by atoms with Crippen molar-refractivity contribution < 1.29 is 9.47 Å². The molecule has 0 unspecified atom stereocenters. The van der Waals surface area contributed by atoms with E-state index in [2.05, 4.69) is 27.8 Å². The minimum absolute atomic E-state index is 0. The van der Waals surface area contributed by atoms with E-state index in [9.17, 15) is 0 Å². The molecule has 2 rings (SSSR count). The highest BCUT2D eigenvalue weighted by molar-refractivity contribution is 14.0. The average Bonchev–Trinajstić information content (AvgIpc) is 2.65. The van der Waals surface area contributed by atoms with Gasteiger partial charge >= 0.3 is 0 Å². The fourth-order valence-corrected chi connectivity index (χ4v) is 2.16. The summed E-state index contributed by atoms with van der Waals surface area (Å²) in [4.78, 5) is 4.21. The SMILES string of the molecule is CN=C(NCCOCc1ccccc1)NCc1ccc(OC)cc1.I. The Balaban J connectivity index is 0.00000312. The van der Waals surface area contributed by atoms with Crippen molar-refractivity contribution in [2.24, 2.45) is 4.99 Å². The topological polar surface area (TPSA) is 54.9 Å². The summed E-state index contributed by atoms with van der Waals surface area (Å²) >= 11 is 0. The van der Waals surface area contributed by atoms with Crippen LogP contribution in [0.2, 0.25) is 0 Å². The lowest BCUT2D eigenvalue weighted by molar-refractivity contribution is 0.125. The zero-order valence-corrected chi connectivity index (χ0v) is 17.0. The van der Waals surface area contributed by atoms with Crippen LogP contribution in [-0.4, -0.2) is 33.3 Å². The minimum Gasteiger partial charge on any atom is -0.497 e. The lowest BCUT2D eigenvalue weighted by atomic mass is 10.2. The zero-order valence-electron chi connectivity index (χ0n) is 14.7. The third kappa shape index (κ3) is 8.22. The van der Waals surface area contributed by atoms with Crippen LogP contribution in [0.5, 0.6) is 5.75 Å². The molecule has 2 N–H and O–H groups in total. The van der Waals surface area contributed by atoms with Gasteiger partial charge in [-0.3, -0.25) is 4.99 Å². The summed E-state index contributed by atoms with van der Waals surface area (Å²) in [6.45, 7) is 2.65. The molecule has 0 saturated carbocycles. The molecule has 6 heteroatoms. The fraction of sp³-hybridized carbons (Fsp3) is 0.316. The summed E-state index contributed by atoms with van der Waals surface area (Å²) < 4.78 is 10.8. The molecule has 0 atom stereocenters. The number of methoxy groups -OCH3 is 1. The molecule has 0 radical (unpaired) electrons.